The number of carbonyl (C=O) groups excluding carboxylic acids is 2. The predicted molar refractivity (Wildman–Crippen MR) is 156 cm³/mol. The minimum absolute atomic E-state index is 0.0348. The second-order valence-electron chi connectivity index (χ2n) is 10.8. The Morgan fingerprint density at radius 3 is 2.13 bits per heavy atom. The van der Waals surface area contributed by atoms with Crippen LogP contribution in [0.15, 0.2) is 60.7 Å². The summed E-state index contributed by atoms with van der Waals surface area (Å²) in [6.45, 7) is 7.40. The Morgan fingerprint density at radius 2 is 1.49 bits per heavy atom. The van der Waals surface area contributed by atoms with E-state index in [0.29, 0.717) is 29.4 Å². The van der Waals surface area contributed by atoms with Crippen molar-refractivity contribution in [3.8, 4) is 11.5 Å². The molecule has 1 atom stereocenters. The van der Waals surface area contributed by atoms with Gasteiger partial charge in [0.15, 0.2) is 0 Å². The van der Waals surface area contributed by atoms with Crippen molar-refractivity contribution in [3.63, 3.8) is 0 Å². The second kappa shape index (κ2) is 16.8. The van der Waals surface area contributed by atoms with E-state index < -0.39 is 5.97 Å². The van der Waals surface area contributed by atoms with Gasteiger partial charge < -0.3 is 14.2 Å². The predicted octanol–water partition coefficient (Wildman–Crippen LogP) is 8.96. The van der Waals surface area contributed by atoms with Crippen LogP contribution in [0.5, 0.6) is 11.5 Å². The lowest BCUT2D eigenvalue weighted by Crippen LogP contribution is -2.24. The zero-order chi connectivity index (χ0) is 27.9. The summed E-state index contributed by atoms with van der Waals surface area (Å²) < 4.78 is 17.0. The van der Waals surface area contributed by atoms with E-state index >= 15 is 0 Å². The Balaban J connectivity index is 1.38. The van der Waals surface area contributed by atoms with Gasteiger partial charge in [0.2, 0.25) is 0 Å². The molecule has 1 fully saturated rings. The smallest absolute Gasteiger partial charge is 0.343 e. The summed E-state index contributed by atoms with van der Waals surface area (Å²) in [4.78, 5) is 25.2. The normalized spacial score (nSPS) is 18.0. The van der Waals surface area contributed by atoms with Crippen molar-refractivity contribution < 1.29 is 23.8 Å². The summed E-state index contributed by atoms with van der Waals surface area (Å²) in [7, 11) is 0. The number of unbranched alkanes of at least 4 members (excludes halogenated alkanes) is 3. The van der Waals surface area contributed by atoms with Crippen LogP contribution in [-0.4, -0.2) is 24.6 Å². The molecule has 0 aromatic heterocycles. The molecule has 2 aromatic rings. The van der Waals surface area contributed by atoms with Crippen LogP contribution >= 0.6 is 0 Å². The molecule has 212 valence electrons. The van der Waals surface area contributed by atoms with Crippen molar-refractivity contribution >= 4 is 11.9 Å². The second-order valence-corrected chi connectivity index (χ2v) is 10.8. The number of rotatable bonds is 15. The standard InChI is InChI=1S/C34H46O5/c1-4-6-8-12-27-13-19-31(20-14-27)38-34(36)29-17-23-32(24-18-29)39-33(35)28-15-21-30(22-16-28)37-25-10-7-9-11-26(3)5-2/h8,12,15-18,21-24,26-27,31H,4-7,9-11,13-14,19-20,25H2,1-3H3/b12-8+/t26-,27?,31?/m0/s1. The molecule has 5 heteroatoms. The fraction of sp³-hybridized carbons (Fsp3) is 0.529. The number of hydrogen-bond acceptors (Lipinski definition) is 5. The van der Waals surface area contributed by atoms with Gasteiger partial charge >= 0.3 is 11.9 Å². The minimum Gasteiger partial charge on any atom is -0.494 e. The highest BCUT2D eigenvalue weighted by atomic mass is 16.5. The first-order valence-electron chi connectivity index (χ1n) is 14.9. The maximum absolute atomic E-state index is 12.6. The third kappa shape index (κ3) is 10.9. The highest BCUT2D eigenvalue weighted by molar-refractivity contribution is 5.92. The first-order chi connectivity index (χ1) is 19.0. The zero-order valence-electron chi connectivity index (χ0n) is 24.0. The molecule has 0 radical (unpaired) electrons. The van der Waals surface area contributed by atoms with Gasteiger partial charge in [-0.25, -0.2) is 9.59 Å². The average molecular weight is 535 g/mol. The minimum atomic E-state index is -0.452. The van der Waals surface area contributed by atoms with E-state index in [-0.39, 0.29) is 12.1 Å². The third-order valence-corrected chi connectivity index (χ3v) is 7.55. The van der Waals surface area contributed by atoms with Crippen LogP contribution in [0, 0.1) is 11.8 Å². The number of benzene rings is 2. The Hall–Kier alpha value is -3.08. The van der Waals surface area contributed by atoms with E-state index in [1.807, 2.05) is 0 Å². The molecule has 2 aromatic carbocycles. The maximum Gasteiger partial charge on any atom is 0.343 e. The molecule has 0 saturated heterocycles. The van der Waals surface area contributed by atoms with Crippen LogP contribution in [0.3, 0.4) is 0 Å². The molecule has 0 amide bonds. The lowest BCUT2D eigenvalue weighted by atomic mass is 9.87. The molecule has 39 heavy (non-hydrogen) atoms. The molecule has 0 unspecified atom stereocenters. The molecular formula is C34H46O5. The first-order valence-corrected chi connectivity index (χ1v) is 14.9. The lowest BCUT2D eigenvalue weighted by Gasteiger charge is -2.26. The summed E-state index contributed by atoms with van der Waals surface area (Å²) >= 11 is 0. The van der Waals surface area contributed by atoms with E-state index in [2.05, 4.69) is 32.9 Å². The van der Waals surface area contributed by atoms with Crippen LogP contribution in [0.4, 0.5) is 0 Å². The molecule has 1 aliphatic rings. The molecule has 0 N–H and O–H groups in total. The Kier molecular flexibility index (Phi) is 13.1. The summed E-state index contributed by atoms with van der Waals surface area (Å²) in [5.41, 5.74) is 0.903. The van der Waals surface area contributed by atoms with Crippen LogP contribution in [0.25, 0.3) is 0 Å². The Labute approximate surface area is 234 Å². The fourth-order valence-electron chi connectivity index (χ4n) is 4.75. The lowest BCUT2D eigenvalue weighted by molar-refractivity contribution is 0.0184. The molecule has 3 rings (SSSR count). The van der Waals surface area contributed by atoms with Crippen LogP contribution in [0.2, 0.25) is 0 Å². The summed E-state index contributed by atoms with van der Waals surface area (Å²) in [6, 6.07) is 13.5. The maximum atomic E-state index is 12.6. The highest BCUT2D eigenvalue weighted by Gasteiger charge is 2.23. The van der Waals surface area contributed by atoms with Crippen LogP contribution in [-0.2, 0) is 4.74 Å². The van der Waals surface area contributed by atoms with Crippen molar-refractivity contribution in [1.29, 1.82) is 0 Å². The topological polar surface area (TPSA) is 61.8 Å². The van der Waals surface area contributed by atoms with E-state index in [9.17, 15) is 9.59 Å². The Morgan fingerprint density at radius 1 is 0.846 bits per heavy atom. The Bertz CT molecular complexity index is 1020. The van der Waals surface area contributed by atoms with Gasteiger partial charge in [-0.3, -0.25) is 0 Å². The van der Waals surface area contributed by atoms with Gasteiger partial charge in [0.25, 0.3) is 0 Å². The first kappa shape index (κ1) is 30.5. The van der Waals surface area contributed by atoms with Crippen LogP contribution in [0.1, 0.15) is 112 Å². The van der Waals surface area contributed by atoms with E-state index in [1.165, 1.54) is 32.1 Å². The number of esters is 2. The van der Waals surface area contributed by atoms with Crippen molar-refractivity contribution in [2.45, 2.75) is 97.5 Å². The number of ether oxygens (including phenoxy) is 3. The van der Waals surface area contributed by atoms with Gasteiger partial charge in [-0.2, -0.15) is 0 Å². The molecule has 1 saturated carbocycles. The van der Waals surface area contributed by atoms with Crippen molar-refractivity contribution in [2.75, 3.05) is 6.61 Å². The summed E-state index contributed by atoms with van der Waals surface area (Å²) in [5.74, 6) is 1.74. The van der Waals surface area contributed by atoms with Gasteiger partial charge in [0.05, 0.1) is 17.7 Å². The molecule has 0 bridgehead atoms. The summed E-state index contributed by atoms with van der Waals surface area (Å²) in [5, 5.41) is 0. The molecular weight excluding hydrogens is 488 g/mol. The van der Waals surface area contributed by atoms with Crippen molar-refractivity contribution in [3.05, 3.63) is 71.8 Å². The molecule has 0 heterocycles. The quantitative estimate of drug-likeness (QED) is 0.0987. The number of hydrogen-bond donors (Lipinski definition) is 0. The molecule has 0 spiro atoms. The molecule has 0 aliphatic heterocycles. The summed E-state index contributed by atoms with van der Waals surface area (Å²) in [6.07, 6.45) is 16.7. The monoisotopic (exact) mass is 534 g/mol. The molecule has 1 aliphatic carbocycles. The van der Waals surface area contributed by atoms with E-state index in [4.69, 9.17) is 14.2 Å². The van der Waals surface area contributed by atoms with Gasteiger partial charge in [-0.15, -0.1) is 0 Å². The zero-order valence-corrected chi connectivity index (χ0v) is 24.0. The van der Waals surface area contributed by atoms with Gasteiger partial charge in [0, 0.05) is 0 Å². The number of allylic oxidation sites excluding steroid dienone is 2. The van der Waals surface area contributed by atoms with E-state index in [1.54, 1.807) is 48.5 Å². The average Bonchev–Trinajstić information content (AvgIpc) is 2.96. The van der Waals surface area contributed by atoms with E-state index in [0.717, 1.165) is 50.2 Å². The van der Waals surface area contributed by atoms with Crippen LogP contribution < -0.4 is 9.47 Å². The fourth-order valence-corrected chi connectivity index (χ4v) is 4.75. The number of carbonyl (C=O) groups is 2. The van der Waals surface area contributed by atoms with Gasteiger partial charge in [-0.1, -0.05) is 65.0 Å². The SMILES string of the molecule is CCC/C=C/C1CCC(OC(=O)c2ccc(OC(=O)c3ccc(OCCCCC[C@@H](C)CC)cc3)cc2)CC1. The van der Waals surface area contributed by atoms with Gasteiger partial charge in [0.1, 0.15) is 17.6 Å². The van der Waals surface area contributed by atoms with Crippen molar-refractivity contribution in [1.82, 2.24) is 0 Å². The highest BCUT2D eigenvalue weighted by Crippen LogP contribution is 2.28. The largest absolute Gasteiger partial charge is 0.494 e. The third-order valence-electron chi connectivity index (χ3n) is 7.55. The van der Waals surface area contributed by atoms with Crippen molar-refractivity contribution in [2.24, 2.45) is 11.8 Å². The molecule has 5 nitrogen and oxygen atoms in total. The van der Waals surface area contributed by atoms with Gasteiger partial charge in [-0.05, 0) is 98.9 Å².